The van der Waals surface area contributed by atoms with Gasteiger partial charge in [0.15, 0.2) is 5.65 Å². The summed E-state index contributed by atoms with van der Waals surface area (Å²) in [5.41, 5.74) is 3.32. The van der Waals surface area contributed by atoms with Crippen LogP contribution >= 0.6 is 0 Å². The zero-order valence-corrected chi connectivity index (χ0v) is 17.0. The quantitative estimate of drug-likeness (QED) is 0.565. The van der Waals surface area contributed by atoms with E-state index in [-0.39, 0.29) is 5.82 Å². The highest BCUT2D eigenvalue weighted by atomic mass is 19.1. The number of pyridine rings is 2. The van der Waals surface area contributed by atoms with Crippen LogP contribution in [0.3, 0.4) is 0 Å². The van der Waals surface area contributed by atoms with E-state index < -0.39 is 0 Å². The van der Waals surface area contributed by atoms with Gasteiger partial charge in [-0.3, -0.25) is 9.55 Å². The maximum atomic E-state index is 13.5. The molecule has 5 rings (SSSR count). The van der Waals surface area contributed by atoms with E-state index in [1.807, 2.05) is 28.8 Å². The first-order valence-electron chi connectivity index (χ1n) is 10.2. The summed E-state index contributed by atoms with van der Waals surface area (Å²) in [4.78, 5) is 16.3. The van der Waals surface area contributed by atoms with Crippen molar-refractivity contribution in [1.82, 2.24) is 24.8 Å². The van der Waals surface area contributed by atoms with Gasteiger partial charge in [-0.1, -0.05) is 0 Å². The Balaban J connectivity index is 1.68. The Bertz CT molecular complexity index is 1160. The van der Waals surface area contributed by atoms with E-state index in [4.69, 9.17) is 9.97 Å². The molecular weight excluding hydrogens is 379 g/mol. The first-order chi connectivity index (χ1) is 14.6. The highest BCUT2D eigenvalue weighted by Gasteiger charge is 2.23. The molecule has 152 valence electrons. The molecule has 4 aromatic rings. The molecule has 0 aliphatic carbocycles. The average molecular weight is 402 g/mol. The Morgan fingerprint density at radius 2 is 1.60 bits per heavy atom. The largest absolute Gasteiger partial charge is 0.353 e. The highest BCUT2D eigenvalue weighted by Crippen LogP contribution is 2.29. The molecule has 1 aliphatic heterocycles. The predicted octanol–water partition coefficient (Wildman–Crippen LogP) is 3.81. The number of halogens is 1. The average Bonchev–Trinajstić information content (AvgIpc) is 3.13. The Kier molecular flexibility index (Phi) is 4.67. The summed E-state index contributed by atoms with van der Waals surface area (Å²) in [6.45, 7) is 6.18. The van der Waals surface area contributed by atoms with Crippen LogP contribution in [0.1, 0.15) is 13.8 Å². The molecule has 0 saturated carbocycles. The number of rotatable bonds is 3. The lowest BCUT2D eigenvalue weighted by Crippen LogP contribution is -2.54. The third-order valence-corrected chi connectivity index (χ3v) is 5.39. The smallest absolute Gasteiger partial charge is 0.167 e. The lowest BCUT2D eigenvalue weighted by Gasteiger charge is -2.36. The number of nitrogens with one attached hydrogen (secondary N) is 1. The summed E-state index contributed by atoms with van der Waals surface area (Å²) in [7, 11) is 0. The number of benzene rings is 1. The minimum absolute atomic E-state index is 0.271. The zero-order chi connectivity index (χ0) is 20.7. The second-order valence-electron chi connectivity index (χ2n) is 7.87. The van der Waals surface area contributed by atoms with Gasteiger partial charge in [-0.15, -0.1) is 0 Å². The number of hydrogen-bond donors (Lipinski definition) is 1. The summed E-state index contributed by atoms with van der Waals surface area (Å²) >= 11 is 0. The number of fused-ring (bicyclic) bond motifs is 1. The van der Waals surface area contributed by atoms with Crippen molar-refractivity contribution in [3.8, 4) is 17.1 Å². The molecule has 0 bridgehead atoms. The fourth-order valence-corrected chi connectivity index (χ4v) is 4.17. The number of piperazine rings is 1. The second-order valence-corrected chi connectivity index (χ2v) is 7.87. The molecule has 7 heteroatoms. The summed E-state index contributed by atoms with van der Waals surface area (Å²) in [5, 5.41) is 3.56. The van der Waals surface area contributed by atoms with E-state index >= 15 is 0 Å². The van der Waals surface area contributed by atoms with Crippen LogP contribution in [-0.4, -0.2) is 44.7 Å². The Hall–Kier alpha value is -3.32. The Morgan fingerprint density at radius 3 is 2.30 bits per heavy atom. The molecule has 1 aliphatic rings. The Morgan fingerprint density at radius 1 is 0.900 bits per heavy atom. The maximum absolute atomic E-state index is 13.5. The molecule has 2 atom stereocenters. The molecule has 30 heavy (non-hydrogen) atoms. The monoisotopic (exact) mass is 402 g/mol. The third-order valence-electron chi connectivity index (χ3n) is 5.39. The van der Waals surface area contributed by atoms with Crippen LogP contribution in [-0.2, 0) is 0 Å². The molecule has 2 unspecified atom stereocenters. The van der Waals surface area contributed by atoms with Crippen LogP contribution in [0.2, 0.25) is 0 Å². The molecule has 6 nitrogen and oxygen atoms in total. The molecule has 4 heterocycles. The summed E-state index contributed by atoms with van der Waals surface area (Å²) < 4.78 is 15.5. The molecule has 1 N–H and O–H groups in total. The lowest BCUT2D eigenvalue weighted by molar-refractivity contribution is 0.405. The van der Waals surface area contributed by atoms with Gasteiger partial charge in [-0.05, 0) is 62.4 Å². The van der Waals surface area contributed by atoms with Gasteiger partial charge < -0.3 is 10.2 Å². The first kappa shape index (κ1) is 18.7. The van der Waals surface area contributed by atoms with Gasteiger partial charge in [0.1, 0.15) is 23.0 Å². The number of nitrogens with zero attached hydrogens (tertiary/aromatic N) is 5. The van der Waals surface area contributed by atoms with Crippen molar-refractivity contribution in [2.75, 3.05) is 18.0 Å². The van der Waals surface area contributed by atoms with Gasteiger partial charge in [0.05, 0.1) is 5.69 Å². The molecule has 1 fully saturated rings. The summed E-state index contributed by atoms with van der Waals surface area (Å²) in [6, 6.07) is 15.1. The van der Waals surface area contributed by atoms with E-state index in [1.165, 1.54) is 12.1 Å². The van der Waals surface area contributed by atoms with E-state index in [9.17, 15) is 4.39 Å². The van der Waals surface area contributed by atoms with Crippen molar-refractivity contribution in [3.63, 3.8) is 0 Å². The van der Waals surface area contributed by atoms with Crippen molar-refractivity contribution in [2.24, 2.45) is 0 Å². The standard InChI is InChI=1S/C23H23FN6/c1-15-13-29(14-16(2)26-15)21-8-7-20-23(28-21)30(19-9-11-25-12-10-19)22(27-20)17-3-5-18(24)6-4-17/h3-12,15-16,26H,13-14H2,1-2H3. The van der Waals surface area contributed by atoms with Gasteiger partial charge in [0, 0.05) is 43.1 Å². The SMILES string of the molecule is CC1CN(c2ccc3nc(-c4ccc(F)cc4)n(-c4ccncc4)c3n2)CC(C)N1. The summed E-state index contributed by atoms with van der Waals surface area (Å²) in [6.07, 6.45) is 3.50. The van der Waals surface area contributed by atoms with Gasteiger partial charge >= 0.3 is 0 Å². The lowest BCUT2D eigenvalue weighted by atomic mass is 10.1. The van der Waals surface area contributed by atoms with Crippen molar-refractivity contribution in [1.29, 1.82) is 0 Å². The van der Waals surface area contributed by atoms with Gasteiger partial charge in [-0.2, -0.15) is 0 Å². The number of hydrogen-bond acceptors (Lipinski definition) is 5. The topological polar surface area (TPSA) is 58.9 Å². The minimum atomic E-state index is -0.271. The molecule has 0 spiro atoms. The molecule has 0 radical (unpaired) electrons. The van der Waals surface area contributed by atoms with Crippen molar-refractivity contribution < 1.29 is 4.39 Å². The first-order valence-corrected chi connectivity index (χ1v) is 10.2. The minimum Gasteiger partial charge on any atom is -0.353 e. The summed E-state index contributed by atoms with van der Waals surface area (Å²) in [5.74, 6) is 1.39. The van der Waals surface area contributed by atoms with E-state index in [1.54, 1.807) is 24.5 Å². The van der Waals surface area contributed by atoms with E-state index in [2.05, 4.69) is 29.0 Å². The van der Waals surface area contributed by atoms with Crippen LogP contribution in [0, 0.1) is 5.82 Å². The van der Waals surface area contributed by atoms with Crippen LogP contribution in [0.5, 0.6) is 0 Å². The normalized spacial score (nSPS) is 19.4. The van der Waals surface area contributed by atoms with Crippen molar-refractivity contribution in [3.05, 3.63) is 66.7 Å². The van der Waals surface area contributed by atoms with Crippen LogP contribution in [0.25, 0.3) is 28.2 Å². The van der Waals surface area contributed by atoms with Crippen LogP contribution in [0.4, 0.5) is 10.2 Å². The fourth-order valence-electron chi connectivity index (χ4n) is 4.17. The van der Waals surface area contributed by atoms with Crippen LogP contribution < -0.4 is 10.2 Å². The van der Waals surface area contributed by atoms with Crippen LogP contribution in [0.15, 0.2) is 60.9 Å². The zero-order valence-electron chi connectivity index (χ0n) is 17.0. The fraction of sp³-hybridized carbons (Fsp3) is 0.261. The highest BCUT2D eigenvalue weighted by molar-refractivity contribution is 5.81. The van der Waals surface area contributed by atoms with E-state index in [0.29, 0.717) is 12.1 Å². The molecule has 1 aromatic carbocycles. The molecule has 0 amide bonds. The Labute approximate surface area is 174 Å². The molecule has 1 saturated heterocycles. The predicted molar refractivity (Wildman–Crippen MR) is 116 cm³/mol. The number of anilines is 1. The third kappa shape index (κ3) is 3.41. The molecule has 3 aromatic heterocycles. The van der Waals surface area contributed by atoms with Gasteiger partial charge in [0.25, 0.3) is 0 Å². The second kappa shape index (κ2) is 7.50. The van der Waals surface area contributed by atoms with Gasteiger partial charge in [-0.25, -0.2) is 14.4 Å². The van der Waals surface area contributed by atoms with Gasteiger partial charge in [0.2, 0.25) is 0 Å². The number of imidazole rings is 1. The number of aromatic nitrogens is 4. The molecular formula is C23H23FN6. The van der Waals surface area contributed by atoms with Crippen molar-refractivity contribution >= 4 is 17.0 Å². The maximum Gasteiger partial charge on any atom is 0.167 e. The van der Waals surface area contributed by atoms with E-state index in [0.717, 1.165) is 47.1 Å². The van der Waals surface area contributed by atoms with Crippen molar-refractivity contribution in [2.45, 2.75) is 25.9 Å².